The predicted molar refractivity (Wildman–Crippen MR) is 68.6 cm³/mol. The molecule has 5 heteroatoms. The van der Waals surface area contributed by atoms with E-state index in [9.17, 15) is 4.79 Å². The number of hydrogen-bond acceptors (Lipinski definition) is 4. The molecule has 1 N–H and O–H groups in total. The molecule has 0 fully saturated rings. The van der Waals surface area contributed by atoms with Crippen molar-refractivity contribution in [2.24, 2.45) is 0 Å². The van der Waals surface area contributed by atoms with Crippen LogP contribution in [0.3, 0.4) is 0 Å². The van der Waals surface area contributed by atoms with Gasteiger partial charge in [0.1, 0.15) is 11.8 Å². The van der Waals surface area contributed by atoms with Crippen molar-refractivity contribution in [1.29, 1.82) is 0 Å². The first kappa shape index (κ1) is 11.4. The summed E-state index contributed by atoms with van der Waals surface area (Å²) in [5.74, 6) is -0.371. The lowest BCUT2D eigenvalue weighted by Gasteiger charge is -1.99. The van der Waals surface area contributed by atoms with E-state index < -0.39 is 5.97 Å². The van der Waals surface area contributed by atoms with Crippen LogP contribution in [0.25, 0.3) is 22.4 Å². The molecule has 0 bridgehead atoms. The lowest BCUT2D eigenvalue weighted by atomic mass is 10.1. The summed E-state index contributed by atoms with van der Waals surface area (Å²) in [4.78, 5) is 19.0. The van der Waals surface area contributed by atoms with Gasteiger partial charge in [-0.15, -0.1) is 0 Å². The second-order valence-corrected chi connectivity index (χ2v) is 4.13. The van der Waals surface area contributed by atoms with Gasteiger partial charge >= 0.3 is 5.97 Å². The van der Waals surface area contributed by atoms with Crippen LogP contribution in [0.4, 0.5) is 0 Å². The third-order valence-corrected chi connectivity index (χ3v) is 2.78. The Morgan fingerprint density at radius 2 is 1.95 bits per heavy atom. The average Bonchev–Trinajstić information content (AvgIpc) is 2.83. The smallest absolute Gasteiger partial charge is 0.307 e. The zero-order chi connectivity index (χ0) is 13.2. The van der Waals surface area contributed by atoms with E-state index in [4.69, 9.17) is 9.52 Å². The van der Waals surface area contributed by atoms with Crippen molar-refractivity contribution in [3.8, 4) is 11.4 Å². The molecular formula is C14H10N2O3. The molecule has 0 atom stereocenters. The standard InChI is InChI=1S/C14H10N2O3/c17-13(18)5-9-6-15-14(16-7-9)11-8-19-12-4-2-1-3-10(11)12/h1-4,6-8H,5H2,(H,17,18). The topological polar surface area (TPSA) is 76.2 Å². The van der Waals surface area contributed by atoms with Gasteiger partial charge in [0.25, 0.3) is 0 Å². The summed E-state index contributed by atoms with van der Waals surface area (Å²) in [6.45, 7) is 0. The molecule has 0 radical (unpaired) electrons. The van der Waals surface area contributed by atoms with Gasteiger partial charge in [-0.1, -0.05) is 18.2 Å². The van der Waals surface area contributed by atoms with E-state index in [0.717, 1.165) is 16.5 Å². The number of rotatable bonds is 3. The van der Waals surface area contributed by atoms with Crippen LogP contribution in [0, 0.1) is 0 Å². The lowest BCUT2D eigenvalue weighted by molar-refractivity contribution is -0.136. The molecule has 3 rings (SSSR count). The Labute approximate surface area is 108 Å². The zero-order valence-corrected chi connectivity index (χ0v) is 9.91. The maximum atomic E-state index is 10.6. The van der Waals surface area contributed by atoms with Gasteiger partial charge in [-0.05, 0) is 11.6 Å². The first-order valence-corrected chi connectivity index (χ1v) is 5.73. The molecule has 0 saturated carbocycles. The van der Waals surface area contributed by atoms with E-state index in [1.54, 1.807) is 6.26 Å². The monoisotopic (exact) mass is 254 g/mol. The number of furan rings is 1. The van der Waals surface area contributed by atoms with E-state index in [1.165, 1.54) is 12.4 Å². The Kier molecular flexibility index (Phi) is 2.72. The van der Waals surface area contributed by atoms with Gasteiger partial charge in [-0.2, -0.15) is 0 Å². The van der Waals surface area contributed by atoms with Crippen molar-refractivity contribution in [1.82, 2.24) is 9.97 Å². The number of carboxylic acids is 1. The molecule has 0 aliphatic carbocycles. The molecular weight excluding hydrogens is 244 g/mol. The van der Waals surface area contributed by atoms with E-state index in [1.807, 2.05) is 24.3 Å². The highest BCUT2D eigenvalue weighted by molar-refractivity contribution is 5.91. The maximum Gasteiger partial charge on any atom is 0.307 e. The molecule has 1 aromatic carbocycles. The van der Waals surface area contributed by atoms with Crippen LogP contribution in [0.2, 0.25) is 0 Å². The summed E-state index contributed by atoms with van der Waals surface area (Å²) in [7, 11) is 0. The summed E-state index contributed by atoms with van der Waals surface area (Å²) in [6.07, 6.45) is 4.58. The second-order valence-electron chi connectivity index (χ2n) is 4.13. The minimum atomic E-state index is -0.898. The zero-order valence-electron chi connectivity index (χ0n) is 9.91. The van der Waals surface area contributed by atoms with Crippen LogP contribution < -0.4 is 0 Å². The maximum absolute atomic E-state index is 10.6. The van der Waals surface area contributed by atoms with Gasteiger partial charge in [0.2, 0.25) is 0 Å². The first-order valence-electron chi connectivity index (χ1n) is 5.73. The minimum Gasteiger partial charge on any atom is -0.481 e. The molecule has 0 unspecified atom stereocenters. The number of carbonyl (C=O) groups is 1. The fraction of sp³-hybridized carbons (Fsp3) is 0.0714. The van der Waals surface area contributed by atoms with Crippen LogP contribution in [-0.4, -0.2) is 21.0 Å². The quantitative estimate of drug-likeness (QED) is 0.777. The second kappa shape index (κ2) is 4.53. The summed E-state index contributed by atoms with van der Waals surface area (Å²) >= 11 is 0. The number of aliphatic carboxylic acids is 1. The SMILES string of the molecule is O=C(O)Cc1cnc(-c2coc3ccccc23)nc1. The van der Waals surface area contributed by atoms with Crippen LogP contribution in [0.1, 0.15) is 5.56 Å². The number of aromatic nitrogens is 2. The van der Waals surface area contributed by atoms with Crippen molar-refractivity contribution in [3.05, 3.63) is 48.5 Å². The summed E-state index contributed by atoms with van der Waals surface area (Å²) in [5, 5.41) is 9.63. The molecule has 0 amide bonds. The fourth-order valence-corrected chi connectivity index (χ4v) is 1.91. The van der Waals surface area contributed by atoms with Crippen LogP contribution >= 0.6 is 0 Å². The number of benzene rings is 1. The van der Waals surface area contributed by atoms with Crippen LogP contribution in [0.15, 0.2) is 47.3 Å². The molecule has 0 aliphatic rings. The number of fused-ring (bicyclic) bond motifs is 1. The largest absolute Gasteiger partial charge is 0.481 e. The molecule has 3 aromatic rings. The van der Waals surface area contributed by atoms with Gasteiger partial charge in [-0.3, -0.25) is 4.79 Å². The Morgan fingerprint density at radius 3 is 2.68 bits per heavy atom. The highest BCUT2D eigenvalue weighted by atomic mass is 16.4. The van der Waals surface area contributed by atoms with Crippen LogP contribution in [-0.2, 0) is 11.2 Å². The lowest BCUT2D eigenvalue weighted by Crippen LogP contribution is -2.01. The van der Waals surface area contributed by atoms with Gasteiger partial charge in [-0.25, -0.2) is 9.97 Å². The number of hydrogen-bond donors (Lipinski definition) is 1. The van der Waals surface area contributed by atoms with E-state index in [-0.39, 0.29) is 6.42 Å². The highest BCUT2D eigenvalue weighted by Gasteiger charge is 2.10. The third kappa shape index (κ3) is 2.18. The Morgan fingerprint density at radius 1 is 1.21 bits per heavy atom. The first-order chi connectivity index (χ1) is 9.24. The Hall–Kier alpha value is -2.69. The molecule has 0 saturated heterocycles. The van der Waals surface area contributed by atoms with Crippen molar-refractivity contribution in [2.75, 3.05) is 0 Å². The van der Waals surface area contributed by atoms with Gasteiger partial charge < -0.3 is 9.52 Å². The van der Waals surface area contributed by atoms with Crippen molar-refractivity contribution in [2.45, 2.75) is 6.42 Å². The number of nitrogens with zero attached hydrogens (tertiary/aromatic N) is 2. The molecule has 5 nitrogen and oxygen atoms in total. The van der Waals surface area contributed by atoms with E-state index in [2.05, 4.69) is 9.97 Å². The Bertz CT molecular complexity index is 732. The highest BCUT2D eigenvalue weighted by Crippen LogP contribution is 2.27. The van der Waals surface area contributed by atoms with E-state index in [0.29, 0.717) is 11.4 Å². The molecule has 0 aliphatic heterocycles. The van der Waals surface area contributed by atoms with Gasteiger partial charge in [0.05, 0.1) is 12.0 Å². The molecule has 2 heterocycles. The predicted octanol–water partition coefficient (Wildman–Crippen LogP) is 2.52. The molecule has 94 valence electrons. The molecule has 2 aromatic heterocycles. The Balaban J connectivity index is 2.00. The third-order valence-electron chi connectivity index (χ3n) is 2.78. The molecule has 19 heavy (non-hydrogen) atoms. The van der Waals surface area contributed by atoms with Crippen molar-refractivity contribution >= 4 is 16.9 Å². The van der Waals surface area contributed by atoms with Gasteiger partial charge in [0.15, 0.2) is 5.82 Å². The van der Waals surface area contributed by atoms with Crippen molar-refractivity contribution < 1.29 is 14.3 Å². The normalized spacial score (nSPS) is 10.7. The van der Waals surface area contributed by atoms with E-state index >= 15 is 0 Å². The van der Waals surface area contributed by atoms with Crippen LogP contribution in [0.5, 0.6) is 0 Å². The number of carboxylic acid groups (broad SMARTS) is 1. The average molecular weight is 254 g/mol. The summed E-state index contributed by atoms with van der Waals surface area (Å²) in [5.41, 5.74) is 2.15. The fourth-order valence-electron chi connectivity index (χ4n) is 1.91. The molecule has 0 spiro atoms. The summed E-state index contributed by atoms with van der Waals surface area (Å²) < 4.78 is 5.42. The number of para-hydroxylation sites is 1. The minimum absolute atomic E-state index is 0.0770. The summed E-state index contributed by atoms with van der Waals surface area (Å²) in [6, 6.07) is 7.62. The van der Waals surface area contributed by atoms with Crippen molar-refractivity contribution in [3.63, 3.8) is 0 Å². The van der Waals surface area contributed by atoms with Gasteiger partial charge in [0, 0.05) is 17.8 Å².